The average molecular weight is 1090 g/mol. The van der Waals surface area contributed by atoms with Gasteiger partial charge in [-0.25, -0.2) is 0 Å². The number of carbonyl (C=O) groups is 2. The van der Waals surface area contributed by atoms with Crippen molar-refractivity contribution in [3.63, 3.8) is 0 Å². The molecule has 0 heterocycles. The largest absolute Gasteiger partial charge is 0.426 e. The third kappa shape index (κ3) is 5.62. The zero-order chi connectivity index (χ0) is 27.5. The first-order valence-corrected chi connectivity index (χ1v) is 17.8. The second kappa shape index (κ2) is 11.4. The summed E-state index contributed by atoms with van der Waals surface area (Å²) in [4.78, 5) is 27.1. The molecule has 38 heavy (non-hydrogen) atoms. The summed E-state index contributed by atoms with van der Waals surface area (Å²) in [6, 6.07) is 14.5. The predicted molar refractivity (Wildman–Crippen MR) is 181 cm³/mol. The van der Waals surface area contributed by atoms with Crippen molar-refractivity contribution in [3.8, 4) is 11.5 Å². The van der Waals surface area contributed by atoms with E-state index in [1.807, 2.05) is 36.4 Å². The van der Waals surface area contributed by atoms with E-state index in [0.29, 0.717) is 12.2 Å². The van der Waals surface area contributed by atoms with Crippen molar-refractivity contribution in [2.75, 3.05) is 0 Å². The van der Waals surface area contributed by atoms with Gasteiger partial charge in [-0.3, -0.25) is 14.1 Å². The van der Waals surface area contributed by atoms with Crippen molar-refractivity contribution in [2.24, 2.45) is 11.8 Å². The molecule has 2 bridgehead atoms. The molecule has 4 unspecified atom stereocenters. The quantitative estimate of drug-likeness (QED) is 0.127. The van der Waals surface area contributed by atoms with Crippen LogP contribution >= 0.6 is 113 Å². The van der Waals surface area contributed by atoms with Crippen LogP contribution in [0.1, 0.15) is 29.4 Å². The number of benzene rings is 3. The molecule has 5 rings (SSSR count). The highest BCUT2D eigenvalue weighted by Gasteiger charge is 2.58. The Balaban J connectivity index is 1.49. The Morgan fingerprint density at radius 3 is 1.71 bits per heavy atom. The molecule has 0 amide bonds. The second-order valence-corrected chi connectivity index (χ2v) is 16.1. The zero-order valence-corrected chi connectivity index (χ0v) is 30.4. The van der Waals surface area contributed by atoms with Crippen LogP contribution in [0.3, 0.4) is 0 Å². The maximum atomic E-state index is 13.7. The van der Waals surface area contributed by atoms with Crippen LogP contribution in [0.5, 0.6) is 11.5 Å². The minimum absolute atomic E-state index is 0.140. The lowest BCUT2D eigenvalue weighted by Gasteiger charge is -2.30. The Hall–Kier alpha value is 0.160. The molecule has 7 nitrogen and oxygen atoms in total. The van der Waals surface area contributed by atoms with E-state index in [1.165, 1.54) is 12.1 Å². The molecule has 0 saturated heterocycles. The first-order valence-electron chi connectivity index (χ1n) is 11.0. The SMILES string of the molecule is O=C(Oc1cc(I)c(S(=O)(=O)O)c(I)c1)C1C2CC(c3ccccc32)C1C(=O)Oc1c(I)cc(I)cc1I. The molecule has 13 heteroatoms. The van der Waals surface area contributed by atoms with Gasteiger partial charge in [0, 0.05) is 10.7 Å². The van der Waals surface area contributed by atoms with E-state index in [9.17, 15) is 22.6 Å². The van der Waals surface area contributed by atoms with Crippen LogP contribution in [0, 0.1) is 29.7 Å². The fourth-order valence-corrected chi connectivity index (χ4v) is 13.1. The molecule has 0 aromatic heterocycles. The van der Waals surface area contributed by atoms with Gasteiger partial charge in [0.15, 0.2) is 5.75 Å². The zero-order valence-electron chi connectivity index (χ0n) is 18.8. The molecule has 3 aromatic rings. The molecule has 1 fully saturated rings. The van der Waals surface area contributed by atoms with E-state index in [1.54, 1.807) is 45.2 Å². The number of halogens is 5. The highest BCUT2D eigenvalue weighted by Crippen LogP contribution is 2.60. The van der Waals surface area contributed by atoms with Crippen molar-refractivity contribution >= 4 is 135 Å². The summed E-state index contributed by atoms with van der Waals surface area (Å²) in [7, 11) is -4.44. The molecule has 198 valence electrons. The normalized spacial score (nSPS) is 21.7. The second-order valence-electron chi connectivity index (χ2n) is 8.86. The van der Waals surface area contributed by atoms with Crippen molar-refractivity contribution < 1.29 is 32.0 Å². The van der Waals surface area contributed by atoms with Gasteiger partial charge in [-0.2, -0.15) is 8.42 Å². The van der Waals surface area contributed by atoms with Gasteiger partial charge in [-0.05, 0) is 167 Å². The minimum atomic E-state index is -4.44. The van der Waals surface area contributed by atoms with Gasteiger partial charge >= 0.3 is 11.9 Å². The Kier molecular flexibility index (Phi) is 8.93. The third-order valence-electron chi connectivity index (χ3n) is 6.71. The summed E-state index contributed by atoms with van der Waals surface area (Å²) < 4.78 is 47.8. The molecule has 0 aliphatic heterocycles. The fraction of sp³-hybridized carbons (Fsp3) is 0.200. The van der Waals surface area contributed by atoms with Crippen LogP contribution in [0.25, 0.3) is 0 Å². The first kappa shape index (κ1) is 29.6. The summed E-state index contributed by atoms with van der Waals surface area (Å²) in [5, 5.41) is 0. The third-order valence-corrected chi connectivity index (χ3v) is 12.3. The van der Waals surface area contributed by atoms with Gasteiger partial charge in [0.2, 0.25) is 0 Å². The molecule has 2 aliphatic carbocycles. The molecule has 2 aliphatic rings. The van der Waals surface area contributed by atoms with E-state index >= 15 is 0 Å². The number of hydrogen-bond acceptors (Lipinski definition) is 6. The molecule has 1 N–H and O–H groups in total. The molecule has 4 atom stereocenters. The summed E-state index contributed by atoms with van der Waals surface area (Å²) in [6.07, 6.45) is 0.635. The van der Waals surface area contributed by atoms with Crippen molar-refractivity contribution in [1.82, 2.24) is 0 Å². The topological polar surface area (TPSA) is 107 Å². The number of fused-ring (bicyclic) bond motifs is 5. The van der Waals surface area contributed by atoms with E-state index in [4.69, 9.17) is 9.47 Å². The molecule has 1 saturated carbocycles. The Bertz CT molecular complexity index is 1560. The number of esters is 2. The van der Waals surface area contributed by atoms with Gasteiger partial charge in [0.25, 0.3) is 10.1 Å². The molecular formula is C25H15I5O7S. The first-order chi connectivity index (χ1) is 17.9. The number of rotatable bonds is 5. The maximum Gasteiger partial charge on any atom is 0.315 e. The lowest BCUT2D eigenvalue weighted by Crippen LogP contribution is -2.38. The van der Waals surface area contributed by atoms with Crippen LogP contribution in [-0.4, -0.2) is 24.9 Å². The maximum absolute atomic E-state index is 13.7. The van der Waals surface area contributed by atoms with Crippen LogP contribution in [-0.2, 0) is 19.7 Å². The van der Waals surface area contributed by atoms with Crippen molar-refractivity contribution in [2.45, 2.75) is 23.2 Å². The molecule has 0 spiro atoms. The number of ether oxygens (including phenoxy) is 2. The van der Waals surface area contributed by atoms with E-state index in [2.05, 4.69) is 67.8 Å². The van der Waals surface area contributed by atoms with Gasteiger partial charge < -0.3 is 9.47 Å². The van der Waals surface area contributed by atoms with E-state index in [-0.39, 0.29) is 29.6 Å². The summed E-state index contributed by atoms with van der Waals surface area (Å²) >= 11 is 10.0. The van der Waals surface area contributed by atoms with Gasteiger partial charge in [0.1, 0.15) is 10.6 Å². The lowest BCUT2D eigenvalue weighted by molar-refractivity contribution is -0.150. The lowest BCUT2D eigenvalue weighted by atomic mass is 9.76. The Labute approximate surface area is 287 Å². The Morgan fingerprint density at radius 2 is 1.24 bits per heavy atom. The van der Waals surface area contributed by atoms with Crippen LogP contribution in [0.4, 0.5) is 0 Å². The number of hydrogen-bond donors (Lipinski definition) is 1. The van der Waals surface area contributed by atoms with Crippen LogP contribution < -0.4 is 9.47 Å². The highest BCUT2D eigenvalue weighted by molar-refractivity contribution is 14.1. The average Bonchev–Trinajstić information content (AvgIpc) is 3.37. The predicted octanol–water partition coefficient (Wildman–Crippen LogP) is 6.98. The van der Waals surface area contributed by atoms with Crippen molar-refractivity contribution in [1.29, 1.82) is 0 Å². The standard InChI is InChI=1S/C25H15I5O7S/c26-10-5-16(27)22(17(28)6-10)37-25(32)21-15-9-14(12-3-1-2-4-13(12)15)20(21)24(31)36-11-7-18(29)23(19(30)8-11)38(33,34)35/h1-8,14-15,20-21H,9H2,(H,33,34,35). The van der Waals surface area contributed by atoms with Crippen LogP contribution in [0.2, 0.25) is 0 Å². The Morgan fingerprint density at radius 1 is 0.763 bits per heavy atom. The molecule has 0 radical (unpaired) electrons. The molecular weight excluding hydrogens is 1080 g/mol. The van der Waals surface area contributed by atoms with E-state index in [0.717, 1.165) is 21.8 Å². The minimum Gasteiger partial charge on any atom is -0.426 e. The number of carbonyl (C=O) groups excluding carboxylic acids is 2. The van der Waals surface area contributed by atoms with Crippen molar-refractivity contribution in [3.05, 3.63) is 77.5 Å². The summed E-state index contributed by atoms with van der Waals surface area (Å²) in [5.41, 5.74) is 2.09. The fourth-order valence-electron chi connectivity index (χ4n) is 5.34. The smallest absolute Gasteiger partial charge is 0.315 e. The van der Waals surface area contributed by atoms with Gasteiger partial charge in [0.05, 0.1) is 19.0 Å². The molecule has 3 aromatic carbocycles. The van der Waals surface area contributed by atoms with E-state index < -0.39 is 33.9 Å². The monoisotopic (exact) mass is 1090 g/mol. The highest BCUT2D eigenvalue weighted by atomic mass is 127. The van der Waals surface area contributed by atoms with Gasteiger partial charge in [-0.1, -0.05) is 24.3 Å². The van der Waals surface area contributed by atoms with Crippen LogP contribution in [0.15, 0.2) is 53.4 Å². The summed E-state index contributed by atoms with van der Waals surface area (Å²) in [6.45, 7) is 0. The summed E-state index contributed by atoms with van der Waals surface area (Å²) in [5.74, 6) is -2.31. The van der Waals surface area contributed by atoms with Gasteiger partial charge in [-0.15, -0.1) is 0 Å².